The molecule has 1 saturated heterocycles. The van der Waals surface area contributed by atoms with Crippen LogP contribution in [0.1, 0.15) is 42.9 Å². The number of nitrogens with one attached hydrogen (secondary N) is 1. The standard InChI is InChI=1S/C15H24N4O2/c1-4-19(5-2)15-17-11(3)9-13(18-15)14(20)16-10-12-7-6-8-21-12/h9,12H,4-8,10H2,1-3H3,(H,16,20). The van der Waals surface area contributed by atoms with Crippen LogP contribution in [-0.4, -0.2) is 48.2 Å². The minimum Gasteiger partial charge on any atom is -0.376 e. The average molecular weight is 292 g/mol. The van der Waals surface area contributed by atoms with Gasteiger partial charge in [-0.3, -0.25) is 4.79 Å². The molecule has 0 aliphatic carbocycles. The summed E-state index contributed by atoms with van der Waals surface area (Å²) in [7, 11) is 0. The Bertz CT molecular complexity index is 483. The Labute approximate surface area is 125 Å². The average Bonchev–Trinajstić information content (AvgIpc) is 2.99. The van der Waals surface area contributed by atoms with Crippen molar-refractivity contribution in [3.05, 3.63) is 17.5 Å². The van der Waals surface area contributed by atoms with Crippen molar-refractivity contribution in [2.75, 3.05) is 31.1 Å². The highest BCUT2D eigenvalue weighted by Gasteiger charge is 2.18. The predicted molar refractivity (Wildman–Crippen MR) is 81.6 cm³/mol. The maximum Gasteiger partial charge on any atom is 0.270 e. The molecule has 1 aromatic heterocycles. The van der Waals surface area contributed by atoms with Crippen molar-refractivity contribution < 1.29 is 9.53 Å². The van der Waals surface area contributed by atoms with E-state index < -0.39 is 0 Å². The van der Waals surface area contributed by atoms with Crippen LogP contribution in [0.5, 0.6) is 0 Å². The van der Waals surface area contributed by atoms with E-state index in [1.165, 1.54) is 0 Å². The van der Waals surface area contributed by atoms with Crippen LogP contribution < -0.4 is 10.2 Å². The molecule has 6 nitrogen and oxygen atoms in total. The highest BCUT2D eigenvalue weighted by molar-refractivity contribution is 5.92. The Morgan fingerprint density at radius 3 is 2.81 bits per heavy atom. The minimum absolute atomic E-state index is 0.138. The quantitative estimate of drug-likeness (QED) is 0.861. The van der Waals surface area contributed by atoms with Gasteiger partial charge in [-0.2, -0.15) is 0 Å². The molecule has 21 heavy (non-hydrogen) atoms. The topological polar surface area (TPSA) is 67.4 Å². The molecule has 0 spiro atoms. The van der Waals surface area contributed by atoms with E-state index in [4.69, 9.17) is 4.74 Å². The molecule has 0 bridgehead atoms. The van der Waals surface area contributed by atoms with Gasteiger partial charge in [0, 0.05) is 31.9 Å². The number of hydrogen-bond acceptors (Lipinski definition) is 5. The van der Waals surface area contributed by atoms with Crippen LogP contribution in [0.2, 0.25) is 0 Å². The molecular weight excluding hydrogens is 268 g/mol. The molecule has 1 amide bonds. The second-order valence-electron chi connectivity index (χ2n) is 5.21. The predicted octanol–water partition coefficient (Wildman–Crippen LogP) is 1.54. The second kappa shape index (κ2) is 7.36. The SMILES string of the molecule is CCN(CC)c1nc(C)cc(C(=O)NCC2CCCO2)n1. The third-order valence-corrected chi connectivity index (χ3v) is 3.64. The van der Waals surface area contributed by atoms with E-state index in [9.17, 15) is 4.79 Å². The lowest BCUT2D eigenvalue weighted by Crippen LogP contribution is -2.33. The summed E-state index contributed by atoms with van der Waals surface area (Å²) >= 11 is 0. The van der Waals surface area contributed by atoms with Crippen molar-refractivity contribution in [1.82, 2.24) is 15.3 Å². The lowest BCUT2D eigenvalue weighted by Gasteiger charge is -2.19. The first-order chi connectivity index (χ1) is 10.1. The van der Waals surface area contributed by atoms with Gasteiger partial charge < -0.3 is 15.0 Å². The normalized spacial score (nSPS) is 17.8. The smallest absolute Gasteiger partial charge is 0.270 e. The van der Waals surface area contributed by atoms with Crippen molar-refractivity contribution in [2.45, 2.75) is 39.7 Å². The van der Waals surface area contributed by atoms with Crippen LogP contribution in [0.25, 0.3) is 0 Å². The second-order valence-corrected chi connectivity index (χ2v) is 5.21. The van der Waals surface area contributed by atoms with Gasteiger partial charge in [-0.1, -0.05) is 0 Å². The van der Waals surface area contributed by atoms with Crippen molar-refractivity contribution >= 4 is 11.9 Å². The van der Waals surface area contributed by atoms with Crippen molar-refractivity contribution in [1.29, 1.82) is 0 Å². The third-order valence-electron chi connectivity index (χ3n) is 3.64. The molecule has 6 heteroatoms. The first kappa shape index (κ1) is 15.7. The van der Waals surface area contributed by atoms with Gasteiger partial charge >= 0.3 is 0 Å². The molecular formula is C15H24N4O2. The van der Waals surface area contributed by atoms with Crippen LogP contribution in [0.4, 0.5) is 5.95 Å². The lowest BCUT2D eigenvalue weighted by atomic mass is 10.2. The van der Waals surface area contributed by atoms with Crippen molar-refractivity contribution in [3.63, 3.8) is 0 Å². The number of nitrogens with zero attached hydrogens (tertiary/aromatic N) is 3. The Balaban J connectivity index is 2.05. The summed E-state index contributed by atoms with van der Waals surface area (Å²) in [6, 6.07) is 1.72. The number of aryl methyl sites for hydroxylation is 1. The van der Waals surface area contributed by atoms with Gasteiger partial charge in [0.2, 0.25) is 5.95 Å². The largest absolute Gasteiger partial charge is 0.376 e. The Morgan fingerprint density at radius 1 is 1.43 bits per heavy atom. The fraction of sp³-hybridized carbons (Fsp3) is 0.667. The van der Waals surface area contributed by atoms with Crippen LogP contribution in [-0.2, 0) is 4.74 Å². The highest BCUT2D eigenvalue weighted by Crippen LogP contribution is 2.12. The molecule has 116 valence electrons. The molecule has 1 atom stereocenters. The van der Waals surface area contributed by atoms with E-state index in [1.54, 1.807) is 6.07 Å². The van der Waals surface area contributed by atoms with Crippen LogP contribution >= 0.6 is 0 Å². The third kappa shape index (κ3) is 4.14. The molecule has 1 aromatic rings. The minimum atomic E-state index is -0.163. The van der Waals surface area contributed by atoms with E-state index in [-0.39, 0.29) is 12.0 Å². The number of rotatable bonds is 6. The van der Waals surface area contributed by atoms with E-state index >= 15 is 0 Å². The van der Waals surface area contributed by atoms with Gasteiger partial charge in [0.25, 0.3) is 5.91 Å². The number of ether oxygens (including phenoxy) is 1. The van der Waals surface area contributed by atoms with E-state index in [0.29, 0.717) is 18.2 Å². The molecule has 2 rings (SSSR count). The van der Waals surface area contributed by atoms with Gasteiger partial charge in [-0.25, -0.2) is 9.97 Å². The van der Waals surface area contributed by atoms with Crippen LogP contribution in [0.3, 0.4) is 0 Å². The first-order valence-corrected chi connectivity index (χ1v) is 7.64. The Kier molecular flexibility index (Phi) is 5.50. The van der Waals surface area contributed by atoms with Crippen molar-refractivity contribution in [2.24, 2.45) is 0 Å². The molecule has 0 saturated carbocycles. The first-order valence-electron chi connectivity index (χ1n) is 7.64. The summed E-state index contributed by atoms with van der Waals surface area (Å²) in [5.74, 6) is 0.451. The van der Waals surface area contributed by atoms with Gasteiger partial charge in [0.1, 0.15) is 5.69 Å². The molecule has 0 aromatic carbocycles. The molecule has 1 N–H and O–H groups in total. The van der Waals surface area contributed by atoms with Crippen molar-refractivity contribution in [3.8, 4) is 0 Å². The molecule has 2 heterocycles. The van der Waals surface area contributed by atoms with E-state index in [2.05, 4.69) is 15.3 Å². The number of aromatic nitrogens is 2. The van der Waals surface area contributed by atoms with Gasteiger partial charge in [-0.15, -0.1) is 0 Å². The van der Waals surface area contributed by atoms with E-state index in [1.807, 2.05) is 25.7 Å². The fourth-order valence-electron chi connectivity index (χ4n) is 2.42. The Hall–Kier alpha value is -1.69. The summed E-state index contributed by atoms with van der Waals surface area (Å²) in [6.07, 6.45) is 2.21. The molecule has 1 aliphatic rings. The maximum absolute atomic E-state index is 12.2. The molecule has 1 unspecified atom stereocenters. The summed E-state index contributed by atoms with van der Waals surface area (Å²) in [5.41, 5.74) is 1.22. The zero-order valence-electron chi connectivity index (χ0n) is 13.1. The number of carbonyl (C=O) groups excluding carboxylic acids is 1. The molecule has 0 radical (unpaired) electrons. The number of carbonyl (C=O) groups is 1. The highest BCUT2D eigenvalue weighted by atomic mass is 16.5. The van der Waals surface area contributed by atoms with Gasteiger partial charge in [-0.05, 0) is 39.7 Å². The number of anilines is 1. The summed E-state index contributed by atoms with van der Waals surface area (Å²) in [6.45, 7) is 8.94. The molecule has 1 aliphatic heterocycles. The summed E-state index contributed by atoms with van der Waals surface area (Å²) in [4.78, 5) is 23.0. The number of amides is 1. The zero-order valence-corrected chi connectivity index (χ0v) is 13.1. The van der Waals surface area contributed by atoms with Gasteiger partial charge in [0.15, 0.2) is 0 Å². The van der Waals surface area contributed by atoms with Crippen LogP contribution in [0.15, 0.2) is 6.07 Å². The zero-order chi connectivity index (χ0) is 15.2. The Morgan fingerprint density at radius 2 is 2.19 bits per heavy atom. The molecule has 1 fully saturated rings. The monoisotopic (exact) mass is 292 g/mol. The lowest BCUT2D eigenvalue weighted by molar-refractivity contribution is 0.0853. The van der Waals surface area contributed by atoms with E-state index in [0.717, 1.165) is 38.2 Å². The number of hydrogen-bond donors (Lipinski definition) is 1. The summed E-state index contributed by atoms with van der Waals surface area (Å²) in [5, 5.41) is 2.90. The van der Waals surface area contributed by atoms with Crippen LogP contribution in [0, 0.1) is 6.92 Å². The maximum atomic E-state index is 12.2. The summed E-state index contributed by atoms with van der Waals surface area (Å²) < 4.78 is 5.50. The fourth-order valence-corrected chi connectivity index (χ4v) is 2.42. The van der Waals surface area contributed by atoms with Gasteiger partial charge in [0.05, 0.1) is 6.10 Å².